The van der Waals surface area contributed by atoms with E-state index in [9.17, 15) is 15.0 Å². The van der Waals surface area contributed by atoms with Gasteiger partial charge in [0.15, 0.2) is 5.78 Å². The van der Waals surface area contributed by atoms with Gasteiger partial charge in [-0.05, 0) is 84.4 Å². The third-order valence-electron chi connectivity index (χ3n) is 6.01. The molecule has 4 rings (SSSR count). The fraction of sp³-hybridized carbons (Fsp3) is 0.250. The molecule has 0 atom stereocenters. The number of hydrogen-bond donors (Lipinski definition) is 2. The molecule has 1 saturated carbocycles. The van der Waals surface area contributed by atoms with E-state index in [0.717, 1.165) is 33.4 Å². The highest BCUT2D eigenvalue weighted by Gasteiger charge is 2.35. The minimum atomic E-state index is 0.0543. The third kappa shape index (κ3) is 4.92. The Bertz CT molecular complexity index is 1040. The summed E-state index contributed by atoms with van der Waals surface area (Å²) in [7, 11) is 0. The Morgan fingerprint density at radius 2 is 1.31 bits per heavy atom. The van der Waals surface area contributed by atoms with E-state index in [4.69, 9.17) is 0 Å². The van der Waals surface area contributed by atoms with Gasteiger partial charge in [-0.3, -0.25) is 9.69 Å². The predicted octanol–water partition coefficient (Wildman–Crippen LogP) is 5.07. The zero-order valence-electron chi connectivity index (χ0n) is 18.3. The SMILES string of the molecule is C=CCc1cc(/C=C2\CN(C3CC3)C/C(=C\c3ccc(O)c(CC=C)c3)C2=O)ccc1O. The van der Waals surface area contributed by atoms with Crippen LogP contribution in [0.15, 0.2) is 72.9 Å². The lowest BCUT2D eigenvalue weighted by atomic mass is 9.93. The Morgan fingerprint density at radius 1 is 0.844 bits per heavy atom. The van der Waals surface area contributed by atoms with E-state index in [1.807, 2.05) is 36.4 Å². The zero-order chi connectivity index (χ0) is 22.7. The van der Waals surface area contributed by atoms with E-state index in [1.54, 1.807) is 24.3 Å². The van der Waals surface area contributed by atoms with E-state index in [2.05, 4.69) is 18.1 Å². The van der Waals surface area contributed by atoms with Crippen molar-refractivity contribution in [1.29, 1.82) is 0 Å². The minimum Gasteiger partial charge on any atom is -0.508 e. The second-order valence-electron chi connectivity index (χ2n) is 8.57. The molecule has 4 nitrogen and oxygen atoms in total. The van der Waals surface area contributed by atoms with Gasteiger partial charge in [0.25, 0.3) is 0 Å². The van der Waals surface area contributed by atoms with Gasteiger partial charge in [-0.1, -0.05) is 24.3 Å². The van der Waals surface area contributed by atoms with Gasteiger partial charge < -0.3 is 10.2 Å². The van der Waals surface area contributed by atoms with Crippen LogP contribution < -0.4 is 0 Å². The second-order valence-corrected chi connectivity index (χ2v) is 8.57. The molecule has 0 aromatic heterocycles. The average Bonchev–Trinajstić information content (AvgIpc) is 3.61. The summed E-state index contributed by atoms with van der Waals surface area (Å²) in [4.78, 5) is 15.8. The Kier molecular flexibility index (Phi) is 6.42. The molecule has 2 aromatic rings. The fourth-order valence-electron chi connectivity index (χ4n) is 4.19. The molecule has 1 aliphatic carbocycles. The zero-order valence-corrected chi connectivity index (χ0v) is 18.3. The topological polar surface area (TPSA) is 60.8 Å². The number of nitrogens with zero attached hydrogens (tertiary/aromatic N) is 1. The first kappa shape index (κ1) is 21.8. The number of phenolic OH excluding ortho intramolecular Hbond substituents is 2. The lowest BCUT2D eigenvalue weighted by Gasteiger charge is -2.29. The third-order valence-corrected chi connectivity index (χ3v) is 6.01. The summed E-state index contributed by atoms with van der Waals surface area (Å²) in [6.45, 7) is 8.77. The van der Waals surface area contributed by atoms with Crippen LogP contribution in [-0.4, -0.2) is 40.0 Å². The number of hydrogen-bond acceptors (Lipinski definition) is 4. The highest BCUT2D eigenvalue weighted by molar-refractivity contribution is 6.14. The normalized spacial score (nSPS) is 19.4. The summed E-state index contributed by atoms with van der Waals surface area (Å²) in [5, 5.41) is 20.1. The number of aromatic hydroxyl groups is 2. The molecule has 1 aliphatic heterocycles. The Morgan fingerprint density at radius 3 is 1.72 bits per heavy atom. The summed E-state index contributed by atoms with van der Waals surface area (Å²) in [5.41, 5.74) is 4.91. The maximum absolute atomic E-state index is 13.4. The van der Waals surface area contributed by atoms with Crippen molar-refractivity contribution in [2.75, 3.05) is 13.1 Å². The highest BCUT2D eigenvalue weighted by Crippen LogP contribution is 2.33. The maximum atomic E-state index is 13.4. The van der Waals surface area contributed by atoms with Crippen LogP contribution in [0.4, 0.5) is 0 Å². The van der Waals surface area contributed by atoms with E-state index in [1.165, 1.54) is 12.8 Å². The van der Waals surface area contributed by atoms with Crippen LogP contribution in [0, 0.1) is 0 Å². The first-order valence-corrected chi connectivity index (χ1v) is 11.0. The van der Waals surface area contributed by atoms with Gasteiger partial charge in [0, 0.05) is 30.3 Å². The molecule has 0 amide bonds. The number of ketones is 1. The lowest BCUT2D eigenvalue weighted by molar-refractivity contribution is -0.113. The molecule has 0 unspecified atom stereocenters. The Hall–Kier alpha value is -3.37. The van der Waals surface area contributed by atoms with E-state index in [-0.39, 0.29) is 17.3 Å². The molecule has 2 aliphatic rings. The number of likely N-dealkylation sites (tertiary alicyclic amines) is 1. The van der Waals surface area contributed by atoms with Crippen LogP contribution in [0.2, 0.25) is 0 Å². The van der Waals surface area contributed by atoms with Crippen molar-refractivity contribution < 1.29 is 15.0 Å². The minimum absolute atomic E-state index is 0.0543. The Balaban J connectivity index is 1.68. The molecule has 2 aromatic carbocycles. The van der Waals surface area contributed by atoms with Crippen LogP contribution in [0.1, 0.15) is 35.1 Å². The molecule has 4 heteroatoms. The van der Waals surface area contributed by atoms with Gasteiger partial charge in [-0.25, -0.2) is 0 Å². The molecule has 164 valence electrons. The van der Waals surface area contributed by atoms with Crippen molar-refractivity contribution in [2.45, 2.75) is 31.7 Å². The van der Waals surface area contributed by atoms with Crippen molar-refractivity contribution in [3.63, 3.8) is 0 Å². The van der Waals surface area contributed by atoms with Crippen molar-refractivity contribution in [1.82, 2.24) is 4.90 Å². The first-order valence-electron chi connectivity index (χ1n) is 11.0. The molecule has 0 radical (unpaired) electrons. The number of carbonyl (C=O) groups excluding carboxylic acids is 1. The number of piperidine rings is 1. The lowest BCUT2D eigenvalue weighted by Crippen LogP contribution is -2.39. The maximum Gasteiger partial charge on any atom is 0.187 e. The van der Waals surface area contributed by atoms with Crippen LogP contribution in [-0.2, 0) is 17.6 Å². The van der Waals surface area contributed by atoms with Crippen LogP contribution in [0.5, 0.6) is 11.5 Å². The quantitative estimate of drug-likeness (QED) is 0.478. The molecule has 2 fully saturated rings. The standard InChI is InChI=1S/C28H29NO3/c1-3-5-21-13-19(7-11-26(21)30)15-23-17-29(25-9-10-25)18-24(28(23)32)16-20-8-12-27(31)22(14-20)6-4-2/h3-4,7-8,11-16,25,30-31H,1-2,5-6,9-10,17-18H2/b23-15+,24-16+. The van der Waals surface area contributed by atoms with Gasteiger partial charge in [0.05, 0.1) is 0 Å². The van der Waals surface area contributed by atoms with Gasteiger partial charge in [0.1, 0.15) is 11.5 Å². The van der Waals surface area contributed by atoms with Crippen molar-refractivity contribution in [3.05, 3.63) is 95.1 Å². The van der Waals surface area contributed by atoms with Gasteiger partial charge >= 0.3 is 0 Å². The Labute approximate surface area is 189 Å². The number of Topliss-reactive ketones (excluding diaryl/α,β-unsaturated/α-hetero) is 1. The van der Waals surface area contributed by atoms with Crippen molar-refractivity contribution >= 4 is 17.9 Å². The summed E-state index contributed by atoms with van der Waals surface area (Å²) in [6, 6.07) is 11.4. The number of carbonyl (C=O) groups is 1. The number of benzene rings is 2. The smallest absolute Gasteiger partial charge is 0.187 e. The molecule has 1 heterocycles. The molecule has 2 N–H and O–H groups in total. The second kappa shape index (κ2) is 9.41. The first-order chi connectivity index (χ1) is 15.5. The number of allylic oxidation sites excluding steroid dienone is 2. The summed E-state index contributed by atoms with van der Waals surface area (Å²) in [5.74, 6) is 0.535. The number of phenols is 2. The molecule has 32 heavy (non-hydrogen) atoms. The van der Waals surface area contributed by atoms with E-state index >= 15 is 0 Å². The van der Waals surface area contributed by atoms with Gasteiger partial charge in [-0.2, -0.15) is 0 Å². The van der Waals surface area contributed by atoms with Crippen LogP contribution >= 0.6 is 0 Å². The summed E-state index contributed by atoms with van der Waals surface area (Å²) < 4.78 is 0. The largest absolute Gasteiger partial charge is 0.508 e. The molecular formula is C28H29NO3. The van der Waals surface area contributed by atoms with Gasteiger partial charge in [0.2, 0.25) is 0 Å². The summed E-state index contributed by atoms with van der Waals surface area (Å²) in [6.07, 6.45) is 10.9. The average molecular weight is 428 g/mol. The van der Waals surface area contributed by atoms with Gasteiger partial charge in [-0.15, -0.1) is 13.2 Å². The predicted molar refractivity (Wildman–Crippen MR) is 130 cm³/mol. The van der Waals surface area contributed by atoms with Crippen LogP contribution in [0.25, 0.3) is 12.2 Å². The molecule has 0 bridgehead atoms. The van der Waals surface area contributed by atoms with Crippen LogP contribution in [0.3, 0.4) is 0 Å². The fourth-order valence-corrected chi connectivity index (χ4v) is 4.19. The summed E-state index contributed by atoms with van der Waals surface area (Å²) >= 11 is 0. The highest BCUT2D eigenvalue weighted by atomic mass is 16.3. The van der Waals surface area contributed by atoms with E-state index in [0.29, 0.717) is 32.0 Å². The van der Waals surface area contributed by atoms with E-state index < -0.39 is 0 Å². The molecule has 0 spiro atoms. The monoisotopic (exact) mass is 427 g/mol. The van der Waals surface area contributed by atoms with Crippen molar-refractivity contribution in [3.8, 4) is 11.5 Å². The van der Waals surface area contributed by atoms with Crippen molar-refractivity contribution in [2.24, 2.45) is 0 Å². The molecular weight excluding hydrogens is 398 g/mol. The molecule has 1 saturated heterocycles. The number of rotatable bonds is 7.